The lowest BCUT2D eigenvalue weighted by Crippen LogP contribution is -2.53. The summed E-state index contributed by atoms with van der Waals surface area (Å²) in [6, 6.07) is 7.83. The van der Waals surface area contributed by atoms with E-state index in [-0.39, 0.29) is 18.1 Å². The first-order valence-corrected chi connectivity index (χ1v) is 14.1. The molecule has 198 valence electrons. The highest BCUT2D eigenvalue weighted by Gasteiger charge is 2.41. The summed E-state index contributed by atoms with van der Waals surface area (Å²) in [7, 11) is 0. The maximum absolute atomic E-state index is 14.0. The van der Waals surface area contributed by atoms with Crippen LogP contribution in [0, 0.1) is 0 Å². The second-order valence-corrected chi connectivity index (χ2v) is 11.4. The molecule has 1 amide bonds. The Bertz CT molecular complexity index is 1110. The van der Waals surface area contributed by atoms with Gasteiger partial charge in [0.2, 0.25) is 5.91 Å². The van der Waals surface area contributed by atoms with E-state index < -0.39 is 0 Å². The van der Waals surface area contributed by atoms with Gasteiger partial charge in [0.15, 0.2) is 0 Å². The van der Waals surface area contributed by atoms with Crippen LogP contribution >= 0.6 is 11.6 Å². The van der Waals surface area contributed by atoms with Crippen LogP contribution in [0.1, 0.15) is 48.9 Å². The van der Waals surface area contributed by atoms with E-state index in [1.807, 2.05) is 24.3 Å². The largest absolute Gasteiger partial charge is 0.353 e. The average Bonchev–Trinajstić information content (AvgIpc) is 3.54. The molecule has 0 radical (unpaired) electrons. The topological polar surface area (TPSA) is 68.3 Å². The van der Waals surface area contributed by atoms with Crippen molar-refractivity contribution < 1.29 is 9.53 Å². The molecule has 37 heavy (non-hydrogen) atoms. The third-order valence-corrected chi connectivity index (χ3v) is 8.85. The summed E-state index contributed by atoms with van der Waals surface area (Å²) in [5.74, 6) is 1.58. The van der Waals surface area contributed by atoms with E-state index in [2.05, 4.69) is 43.4 Å². The molecule has 9 heteroatoms. The Morgan fingerprint density at radius 3 is 2.41 bits per heavy atom. The van der Waals surface area contributed by atoms with Crippen molar-refractivity contribution in [1.29, 1.82) is 0 Å². The minimum Gasteiger partial charge on any atom is -0.353 e. The Morgan fingerprint density at radius 2 is 1.73 bits per heavy atom. The number of amides is 1. The quantitative estimate of drug-likeness (QED) is 0.538. The molecule has 4 aliphatic rings. The summed E-state index contributed by atoms with van der Waals surface area (Å²) in [6.07, 6.45) is 4.51. The second-order valence-electron chi connectivity index (χ2n) is 11.0. The van der Waals surface area contributed by atoms with Crippen LogP contribution in [0.5, 0.6) is 0 Å². The number of halogens is 1. The van der Waals surface area contributed by atoms with Crippen LogP contribution < -0.4 is 4.90 Å². The molecular weight excluding hydrogens is 488 g/mol. The third kappa shape index (κ3) is 5.21. The van der Waals surface area contributed by atoms with Gasteiger partial charge < -0.3 is 14.5 Å². The molecule has 3 aliphatic heterocycles. The summed E-state index contributed by atoms with van der Waals surface area (Å²) in [5, 5.41) is 0.697. The number of aryl methyl sites for hydroxylation is 1. The number of hydrogen-bond acceptors (Lipinski definition) is 7. The van der Waals surface area contributed by atoms with Crippen molar-refractivity contribution >= 4 is 23.3 Å². The molecule has 0 bridgehead atoms. The molecule has 2 unspecified atom stereocenters. The van der Waals surface area contributed by atoms with E-state index in [1.165, 1.54) is 11.3 Å². The molecule has 6 rings (SSSR count). The minimum absolute atomic E-state index is 0.199. The van der Waals surface area contributed by atoms with Crippen molar-refractivity contribution in [3.63, 3.8) is 0 Å². The zero-order valence-electron chi connectivity index (χ0n) is 21.9. The molecule has 1 aliphatic carbocycles. The van der Waals surface area contributed by atoms with E-state index in [9.17, 15) is 4.79 Å². The molecule has 3 saturated heterocycles. The van der Waals surface area contributed by atoms with Crippen LogP contribution in [-0.4, -0.2) is 102 Å². The number of aromatic nitrogens is 2. The number of nitrogens with zero attached hydrogens (tertiary/aromatic N) is 6. The van der Waals surface area contributed by atoms with Crippen molar-refractivity contribution in [2.75, 3.05) is 63.8 Å². The average molecular weight is 525 g/mol. The number of hydrogen-bond donors (Lipinski definition) is 0. The van der Waals surface area contributed by atoms with E-state index in [0.29, 0.717) is 30.1 Å². The predicted molar refractivity (Wildman–Crippen MR) is 144 cm³/mol. The van der Waals surface area contributed by atoms with Gasteiger partial charge in [-0.2, -0.15) is 0 Å². The molecule has 2 aromatic rings. The van der Waals surface area contributed by atoms with E-state index in [4.69, 9.17) is 16.3 Å². The van der Waals surface area contributed by atoms with Gasteiger partial charge in [-0.15, -0.1) is 0 Å². The molecule has 1 aromatic heterocycles. The number of carbonyl (C=O) groups excluding carboxylic acids is 1. The van der Waals surface area contributed by atoms with Gasteiger partial charge in [-0.05, 0) is 43.4 Å². The van der Waals surface area contributed by atoms with Crippen LogP contribution in [-0.2, 0) is 16.0 Å². The van der Waals surface area contributed by atoms with Gasteiger partial charge in [0.25, 0.3) is 0 Å². The summed E-state index contributed by atoms with van der Waals surface area (Å²) < 4.78 is 5.66. The molecule has 4 atom stereocenters. The Kier molecular flexibility index (Phi) is 7.09. The fraction of sp³-hybridized carbons (Fsp3) is 0.607. The van der Waals surface area contributed by atoms with Crippen LogP contribution in [0.2, 0.25) is 5.02 Å². The fourth-order valence-electron chi connectivity index (χ4n) is 6.27. The molecular formula is C28H37ClN6O2. The van der Waals surface area contributed by atoms with Crippen molar-refractivity contribution in [3.05, 3.63) is 52.4 Å². The van der Waals surface area contributed by atoms with Crippen LogP contribution in [0.25, 0.3) is 0 Å². The zero-order chi connectivity index (χ0) is 25.5. The van der Waals surface area contributed by atoms with Crippen molar-refractivity contribution in [2.24, 2.45) is 0 Å². The lowest BCUT2D eigenvalue weighted by atomic mass is 9.96. The summed E-state index contributed by atoms with van der Waals surface area (Å²) in [5.41, 5.74) is 3.55. The maximum atomic E-state index is 14.0. The monoisotopic (exact) mass is 524 g/mol. The van der Waals surface area contributed by atoms with Crippen molar-refractivity contribution in [3.8, 4) is 0 Å². The second kappa shape index (κ2) is 10.5. The highest BCUT2D eigenvalue weighted by molar-refractivity contribution is 6.30. The summed E-state index contributed by atoms with van der Waals surface area (Å²) in [6.45, 7) is 12.0. The highest BCUT2D eigenvalue weighted by atomic mass is 35.5. The van der Waals surface area contributed by atoms with Gasteiger partial charge >= 0.3 is 0 Å². The van der Waals surface area contributed by atoms with Crippen molar-refractivity contribution in [1.82, 2.24) is 24.7 Å². The van der Waals surface area contributed by atoms with Gasteiger partial charge in [-0.25, -0.2) is 9.97 Å². The van der Waals surface area contributed by atoms with Gasteiger partial charge in [-0.3, -0.25) is 14.6 Å². The summed E-state index contributed by atoms with van der Waals surface area (Å²) in [4.78, 5) is 32.4. The van der Waals surface area contributed by atoms with E-state index in [1.54, 1.807) is 6.33 Å². The number of fused-ring (bicyclic) bond motifs is 1. The molecule has 0 spiro atoms. The first kappa shape index (κ1) is 25.0. The third-order valence-electron chi connectivity index (χ3n) is 8.60. The Balaban J connectivity index is 1.13. The van der Waals surface area contributed by atoms with E-state index >= 15 is 0 Å². The number of piperazine rings is 2. The van der Waals surface area contributed by atoms with Crippen molar-refractivity contribution in [2.45, 2.75) is 50.9 Å². The number of carbonyl (C=O) groups is 1. The molecule has 3 fully saturated rings. The molecule has 0 saturated carbocycles. The first-order valence-electron chi connectivity index (χ1n) is 13.7. The number of benzene rings is 1. The lowest BCUT2D eigenvalue weighted by Gasteiger charge is -2.40. The number of epoxide rings is 1. The first-order chi connectivity index (χ1) is 18.0. The van der Waals surface area contributed by atoms with Crippen LogP contribution in [0.3, 0.4) is 0 Å². The lowest BCUT2D eigenvalue weighted by molar-refractivity contribution is -0.133. The van der Waals surface area contributed by atoms with Gasteiger partial charge in [0.1, 0.15) is 18.4 Å². The number of anilines is 1. The Hall–Kier alpha value is -2.26. The van der Waals surface area contributed by atoms with Gasteiger partial charge in [0.05, 0.1) is 12.0 Å². The Labute approximate surface area is 224 Å². The Morgan fingerprint density at radius 1 is 1.03 bits per heavy atom. The molecule has 4 heterocycles. The zero-order valence-corrected chi connectivity index (χ0v) is 22.6. The SMILES string of the molecule is CC1OC1N1CCN(C[C@H](C(=O)N2CCN(c3ncnc4c3[C@H](C)CC4)CC2)c2ccc(Cl)cc2)CC1. The van der Waals surface area contributed by atoms with E-state index in [0.717, 1.165) is 70.0 Å². The summed E-state index contributed by atoms with van der Waals surface area (Å²) >= 11 is 6.19. The predicted octanol–water partition coefficient (Wildman–Crippen LogP) is 2.97. The number of ether oxygens (including phenoxy) is 1. The standard InChI is InChI=1S/C28H37ClN6O2/c1-19-3-8-24-25(19)26(31-18-30-24)33-13-15-34(16-14-33)27(36)23(21-4-6-22(29)7-5-21)17-32-9-11-35(12-10-32)28-20(2)37-28/h4-7,18-20,23,28H,3,8-17H2,1-2H3/t19-,20?,23+,28?/m1/s1. The highest BCUT2D eigenvalue weighted by Crippen LogP contribution is 2.37. The van der Waals surface area contributed by atoms with Gasteiger partial charge in [-0.1, -0.05) is 30.7 Å². The van der Waals surface area contributed by atoms with Crippen LogP contribution in [0.15, 0.2) is 30.6 Å². The minimum atomic E-state index is -0.199. The molecule has 0 N–H and O–H groups in total. The smallest absolute Gasteiger partial charge is 0.231 e. The molecule has 8 nitrogen and oxygen atoms in total. The number of rotatable bonds is 6. The van der Waals surface area contributed by atoms with Gasteiger partial charge in [0, 0.05) is 75.2 Å². The fourth-order valence-corrected chi connectivity index (χ4v) is 6.40. The normalized spacial score (nSPS) is 27.3. The van der Waals surface area contributed by atoms with Crippen LogP contribution in [0.4, 0.5) is 5.82 Å². The maximum Gasteiger partial charge on any atom is 0.231 e. The molecule has 1 aromatic carbocycles.